The number of piperidine rings is 1. The summed E-state index contributed by atoms with van der Waals surface area (Å²) >= 11 is 0. The Kier molecular flexibility index (Phi) is 7.03. The van der Waals surface area contributed by atoms with Crippen molar-refractivity contribution in [3.63, 3.8) is 0 Å². The molecule has 0 aromatic heterocycles. The lowest BCUT2D eigenvalue weighted by Crippen LogP contribution is -2.40. The maximum Gasteiger partial charge on any atom is 0.226 e. The summed E-state index contributed by atoms with van der Waals surface area (Å²) in [6.45, 7) is 7.65. The van der Waals surface area contributed by atoms with Crippen LogP contribution in [0.25, 0.3) is 0 Å². The Labute approximate surface area is 128 Å². The molecule has 1 amide bonds. The highest BCUT2D eigenvalue weighted by molar-refractivity contribution is 5.85. The van der Waals surface area contributed by atoms with Crippen molar-refractivity contribution in [3.05, 3.63) is 35.4 Å². The number of aryl methyl sites for hydroxylation is 1. The van der Waals surface area contributed by atoms with Crippen LogP contribution in [0.4, 0.5) is 0 Å². The monoisotopic (exact) mass is 296 g/mol. The first-order valence-corrected chi connectivity index (χ1v) is 7.26. The summed E-state index contributed by atoms with van der Waals surface area (Å²) in [4.78, 5) is 14.5. The molecule has 20 heavy (non-hydrogen) atoms. The van der Waals surface area contributed by atoms with Gasteiger partial charge in [-0.2, -0.15) is 0 Å². The van der Waals surface area contributed by atoms with Crippen molar-refractivity contribution >= 4 is 18.3 Å². The molecular formula is C16H25ClN2O. The topological polar surface area (TPSA) is 32.3 Å². The lowest BCUT2D eigenvalue weighted by molar-refractivity contribution is -0.136. The van der Waals surface area contributed by atoms with Crippen molar-refractivity contribution in [2.24, 2.45) is 5.92 Å². The lowest BCUT2D eigenvalue weighted by Gasteiger charge is -2.29. The summed E-state index contributed by atoms with van der Waals surface area (Å²) in [5.41, 5.74) is 2.52. The number of nitrogens with one attached hydrogen (secondary N) is 1. The Balaban J connectivity index is 0.00000200. The van der Waals surface area contributed by atoms with E-state index in [1.54, 1.807) is 0 Å². The van der Waals surface area contributed by atoms with E-state index in [4.69, 9.17) is 0 Å². The third-order valence-corrected chi connectivity index (χ3v) is 4.00. The van der Waals surface area contributed by atoms with Crippen LogP contribution in [0.15, 0.2) is 24.3 Å². The maximum absolute atomic E-state index is 12.5. The van der Waals surface area contributed by atoms with E-state index >= 15 is 0 Å². The van der Waals surface area contributed by atoms with Gasteiger partial charge in [-0.05, 0) is 50.9 Å². The number of halogens is 1. The molecule has 1 fully saturated rings. The van der Waals surface area contributed by atoms with Crippen LogP contribution in [-0.2, 0) is 11.3 Å². The van der Waals surface area contributed by atoms with Gasteiger partial charge >= 0.3 is 0 Å². The molecule has 3 nitrogen and oxygen atoms in total. The number of amides is 1. The van der Waals surface area contributed by atoms with Crippen LogP contribution >= 0.6 is 12.4 Å². The van der Waals surface area contributed by atoms with Gasteiger partial charge in [-0.15, -0.1) is 12.4 Å². The molecule has 0 saturated carbocycles. The van der Waals surface area contributed by atoms with E-state index < -0.39 is 0 Å². The number of hydrogen-bond donors (Lipinski definition) is 1. The van der Waals surface area contributed by atoms with Gasteiger partial charge < -0.3 is 10.2 Å². The van der Waals surface area contributed by atoms with Crippen molar-refractivity contribution in [2.45, 2.75) is 33.2 Å². The van der Waals surface area contributed by atoms with Gasteiger partial charge in [0.15, 0.2) is 0 Å². The summed E-state index contributed by atoms with van der Waals surface area (Å²) < 4.78 is 0. The van der Waals surface area contributed by atoms with Crippen molar-refractivity contribution < 1.29 is 4.79 Å². The third-order valence-electron chi connectivity index (χ3n) is 4.00. The molecule has 112 valence electrons. The van der Waals surface area contributed by atoms with Crippen LogP contribution in [0.2, 0.25) is 0 Å². The van der Waals surface area contributed by atoms with Gasteiger partial charge in [-0.3, -0.25) is 4.79 Å². The Morgan fingerprint density at radius 2 is 1.95 bits per heavy atom. The first-order chi connectivity index (χ1) is 9.22. The van der Waals surface area contributed by atoms with Crippen LogP contribution in [-0.4, -0.2) is 30.4 Å². The molecule has 1 aromatic carbocycles. The molecule has 4 heteroatoms. The van der Waals surface area contributed by atoms with Crippen LogP contribution in [0.5, 0.6) is 0 Å². The Morgan fingerprint density at radius 1 is 1.30 bits per heavy atom. The lowest BCUT2D eigenvalue weighted by atomic mass is 9.96. The minimum absolute atomic E-state index is 0. The minimum atomic E-state index is 0. The SMILES string of the molecule is CCN(Cc1ccccc1C)C(=O)C1CCNCC1.Cl. The number of carbonyl (C=O) groups excluding carboxylic acids is 1. The molecule has 0 bridgehead atoms. The van der Waals surface area contributed by atoms with E-state index in [0.717, 1.165) is 39.0 Å². The van der Waals surface area contributed by atoms with Crippen molar-refractivity contribution in [2.75, 3.05) is 19.6 Å². The second-order valence-corrected chi connectivity index (χ2v) is 5.30. The number of rotatable bonds is 4. The van der Waals surface area contributed by atoms with Gasteiger partial charge in [0, 0.05) is 19.0 Å². The molecule has 2 rings (SSSR count). The predicted octanol–water partition coefficient (Wildman–Crippen LogP) is 2.76. The van der Waals surface area contributed by atoms with Gasteiger partial charge in [0.25, 0.3) is 0 Å². The Hall–Kier alpha value is -1.06. The van der Waals surface area contributed by atoms with Crippen molar-refractivity contribution in [3.8, 4) is 0 Å². The fourth-order valence-electron chi connectivity index (χ4n) is 2.67. The summed E-state index contributed by atoms with van der Waals surface area (Å²) in [6.07, 6.45) is 1.95. The zero-order valence-electron chi connectivity index (χ0n) is 12.4. The summed E-state index contributed by atoms with van der Waals surface area (Å²) in [6, 6.07) is 8.32. The van der Waals surface area contributed by atoms with Gasteiger partial charge in [0.1, 0.15) is 0 Å². The van der Waals surface area contributed by atoms with E-state index in [0.29, 0.717) is 5.91 Å². The highest BCUT2D eigenvalue weighted by Crippen LogP contribution is 2.18. The largest absolute Gasteiger partial charge is 0.338 e. The molecule has 1 aromatic rings. The molecule has 1 aliphatic rings. The highest BCUT2D eigenvalue weighted by Gasteiger charge is 2.25. The first-order valence-electron chi connectivity index (χ1n) is 7.26. The average Bonchev–Trinajstić information content (AvgIpc) is 2.47. The minimum Gasteiger partial charge on any atom is -0.338 e. The number of carbonyl (C=O) groups is 1. The average molecular weight is 297 g/mol. The predicted molar refractivity (Wildman–Crippen MR) is 85.1 cm³/mol. The molecule has 1 heterocycles. The molecule has 0 aliphatic carbocycles. The normalized spacial score (nSPS) is 15.5. The standard InChI is InChI=1S/C16H24N2O.ClH/c1-3-18(12-15-7-5-4-6-13(15)2)16(19)14-8-10-17-11-9-14;/h4-7,14,17H,3,8-12H2,1-2H3;1H. The zero-order valence-corrected chi connectivity index (χ0v) is 13.2. The molecule has 0 radical (unpaired) electrons. The maximum atomic E-state index is 12.5. The Morgan fingerprint density at radius 3 is 2.55 bits per heavy atom. The molecule has 1 saturated heterocycles. The van der Waals surface area contributed by atoms with Crippen LogP contribution in [0.1, 0.15) is 30.9 Å². The summed E-state index contributed by atoms with van der Waals surface area (Å²) in [7, 11) is 0. The van der Waals surface area contributed by atoms with E-state index in [1.165, 1.54) is 11.1 Å². The van der Waals surface area contributed by atoms with E-state index in [1.807, 2.05) is 17.0 Å². The molecular weight excluding hydrogens is 272 g/mol. The molecule has 1 aliphatic heterocycles. The molecule has 0 atom stereocenters. The fourth-order valence-corrected chi connectivity index (χ4v) is 2.67. The Bertz CT molecular complexity index is 430. The second kappa shape index (κ2) is 8.28. The molecule has 1 N–H and O–H groups in total. The van der Waals surface area contributed by atoms with Crippen LogP contribution in [0, 0.1) is 12.8 Å². The zero-order chi connectivity index (χ0) is 13.7. The summed E-state index contributed by atoms with van der Waals surface area (Å²) in [5.74, 6) is 0.539. The number of hydrogen-bond acceptors (Lipinski definition) is 2. The third kappa shape index (κ3) is 4.22. The van der Waals surface area contributed by atoms with Crippen LogP contribution in [0.3, 0.4) is 0 Å². The molecule has 0 spiro atoms. The van der Waals surface area contributed by atoms with Gasteiger partial charge in [0.2, 0.25) is 5.91 Å². The quantitative estimate of drug-likeness (QED) is 0.926. The van der Waals surface area contributed by atoms with Gasteiger partial charge in [0.05, 0.1) is 0 Å². The second-order valence-electron chi connectivity index (χ2n) is 5.30. The van der Waals surface area contributed by atoms with Crippen molar-refractivity contribution in [1.82, 2.24) is 10.2 Å². The number of benzene rings is 1. The van der Waals surface area contributed by atoms with Gasteiger partial charge in [-0.25, -0.2) is 0 Å². The first kappa shape index (κ1) is 17.0. The molecule has 0 unspecified atom stereocenters. The van der Waals surface area contributed by atoms with Gasteiger partial charge in [-0.1, -0.05) is 24.3 Å². The number of nitrogens with zero attached hydrogens (tertiary/aromatic N) is 1. The smallest absolute Gasteiger partial charge is 0.226 e. The fraction of sp³-hybridized carbons (Fsp3) is 0.562. The van der Waals surface area contributed by atoms with E-state index in [-0.39, 0.29) is 18.3 Å². The van der Waals surface area contributed by atoms with Crippen molar-refractivity contribution in [1.29, 1.82) is 0 Å². The van der Waals surface area contributed by atoms with E-state index in [9.17, 15) is 4.79 Å². The van der Waals surface area contributed by atoms with E-state index in [2.05, 4.69) is 31.3 Å². The van der Waals surface area contributed by atoms with Crippen LogP contribution < -0.4 is 5.32 Å². The highest BCUT2D eigenvalue weighted by atomic mass is 35.5. The summed E-state index contributed by atoms with van der Waals surface area (Å²) in [5, 5.41) is 3.31.